The number of nitro groups is 1. The Morgan fingerprint density at radius 1 is 1.21 bits per heavy atom. The van der Waals surface area contributed by atoms with Gasteiger partial charge in [-0.1, -0.05) is 30.0 Å². The second kappa shape index (κ2) is 4.99. The Hall–Kier alpha value is -1.92. The molecular formula is C13H8N2O2S2. The van der Waals surface area contributed by atoms with Crippen LogP contribution in [0, 0.1) is 10.1 Å². The molecule has 0 N–H and O–H groups in total. The van der Waals surface area contributed by atoms with E-state index in [9.17, 15) is 10.1 Å². The van der Waals surface area contributed by atoms with Crippen molar-refractivity contribution in [2.45, 2.75) is 9.79 Å². The van der Waals surface area contributed by atoms with Gasteiger partial charge in [0, 0.05) is 33.5 Å². The Morgan fingerprint density at radius 2 is 2.00 bits per heavy atom. The van der Waals surface area contributed by atoms with Gasteiger partial charge in [-0.25, -0.2) is 0 Å². The summed E-state index contributed by atoms with van der Waals surface area (Å²) in [5.74, 6) is 0. The molecule has 0 radical (unpaired) electrons. The van der Waals surface area contributed by atoms with Crippen LogP contribution in [0.4, 0.5) is 5.69 Å². The molecule has 0 bridgehead atoms. The molecule has 0 saturated heterocycles. The predicted molar refractivity (Wildman–Crippen MR) is 76.8 cm³/mol. The van der Waals surface area contributed by atoms with Gasteiger partial charge in [-0.05, 0) is 23.7 Å². The lowest BCUT2D eigenvalue weighted by Crippen LogP contribution is -1.88. The molecule has 0 aliphatic carbocycles. The van der Waals surface area contributed by atoms with Crippen molar-refractivity contribution >= 4 is 39.1 Å². The van der Waals surface area contributed by atoms with Crippen LogP contribution in [0.25, 0.3) is 10.1 Å². The molecule has 0 amide bonds. The molecular weight excluding hydrogens is 280 g/mol. The van der Waals surface area contributed by atoms with Crippen molar-refractivity contribution < 1.29 is 4.92 Å². The molecule has 3 rings (SSSR count). The molecule has 0 spiro atoms. The van der Waals surface area contributed by atoms with Crippen LogP contribution in [0.5, 0.6) is 0 Å². The lowest BCUT2D eigenvalue weighted by molar-refractivity contribution is -0.384. The Kier molecular flexibility index (Phi) is 3.18. The van der Waals surface area contributed by atoms with Crippen molar-refractivity contribution in [2.75, 3.05) is 0 Å². The third-order valence-electron chi connectivity index (χ3n) is 2.60. The number of fused-ring (bicyclic) bond motifs is 1. The molecule has 2 aromatic carbocycles. The standard InChI is InChI=1S/C13H8N2O2S2/c16-15(17)9-6-12(11-8-14-19-13(11)7-9)18-10-4-2-1-3-5-10/h1-8H. The number of hydrogen-bond acceptors (Lipinski definition) is 5. The first kappa shape index (κ1) is 12.1. The molecule has 3 aromatic rings. The number of nitro benzene ring substituents is 1. The maximum atomic E-state index is 11.0. The number of benzene rings is 2. The predicted octanol–water partition coefficient (Wildman–Crippen LogP) is 4.36. The highest BCUT2D eigenvalue weighted by atomic mass is 32.2. The van der Waals surface area contributed by atoms with Crippen LogP contribution in [0.15, 0.2) is 58.5 Å². The minimum Gasteiger partial charge on any atom is -0.258 e. The fourth-order valence-electron chi connectivity index (χ4n) is 1.73. The first-order valence-electron chi connectivity index (χ1n) is 5.50. The van der Waals surface area contributed by atoms with Crippen LogP contribution in [0.3, 0.4) is 0 Å². The molecule has 0 fully saturated rings. The molecule has 0 aliphatic heterocycles. The van der Waals surface area contributed by atoms with Crippen molar-refractivity contribution in [1.82, 2.24) is 4.37 Å². The average molecular weight is 288 g/mol. The summed E-state index contributed by atoms with van der Waals surface area (Å²) in [4.78, 5) is 12.5. The van der Waals surface area contributed by atoms with Crippen LogP contribution in [-0.4, -0.2) is 9.30 Å². The topological polar surface area (TPSA) is 56.0 Å². The molecule has 4 nitrogen and oxygen atoms in total. The van der Waals surface area contributed by atoms with Crippen LogP contribution in [0.1, 0.15) is 0 Å². The van der Waals surface area contributed by atoms with E-state index in [-0.39, 0.29) is 10.6 Å². The highest BCUT2D eigenvalue weighted by molar-refractivity contribution is 7.99. The Morgan fingerprint density at radius 3 is 2.74 bits per heavy atom. The summed E-state index contributed by atoms with van der Waals surface area (Å²) < 4.78 is 4.95. The lowest BCUT2D eigenvalue weighted by Gasteiger charge is -2.03. The van der Waals surface area contributed by atoms with Crippen molar-refractivity contribution in [3.05, 3.63) is 58.8 Å². The zero-order valence-corrected chi connectivity index (χ0v) is 11.3. The van der Waals surface area contributed by atoms with Crippen molar-refractivity contribution in [3.8, 4) is 0 Å². The normalized spacial score (nSPS) is 10.7. The van der Waals surface area contributed by atoms with E-state index in [0.29, 0.717) is 0 Å². The molecule has 0 atom stereocenters. The van der Waals surface area contributed by atoms with Gasteiger partial charge < -0.3 is 0 Å². The third kappa shape index (κ3) is 2.45. The van der Waals surface area contributed by atoms with E-state index < -0.39 is 0 Å². The first-order valence-corrected chi connectivity index (χ1v) is 7.09. The molecule has 94 valence electrons. The van der Waals surface area contributed by atoms with Crippen LogP contribution >= 0.6 is 23.3 Å². The molecule has 6 heteroatoms. The Balaban J connectivity index is 2.11. The van der Waals surface area contributed by atoms with Gasteiger partial charge in [-0.2, -0.15) is 4.37 Å². The lowest BCUT2D eigenvalue weighted by atomic mass is 10.2. The van der Waals surface area contributed by atoms with Gasteiger partial charge in [0.15, 0.2) is 0 Å². The fourth-order valence-corrected chi connectivity index (χ4v) is 3.50. The number of hydrogen-bond donors (Lipinski definition) is 0. The van der Waals surface area contributed by atoms with E-state index in [2.05, 4.69) is 4.37 Å². The maximum Gasteiger partial charge on any atom is 0.272 e. The Bertz CT molecular complexity index is 741. The van der Waals surface area contributed by atoms with Gasteiger partial charge in [0.1, 0.15) is 0 Å². The van der Waals surface area contributed by atoms with Crippen molar-refractivity contribution in [3.63, 3.8) is 0 Å². The summed E-state index contributed by atoms with van der Waals surface area (Å²) >= 11 is 2.79. The van der Waals surface area contributed by atoms with E-state index >= 15 is 0 Å². The number of nitrogens with zero attached hydrogens (tertiary/aromatic N) is 2. The largest absolute Gasteiger partial charge is 0.272 e. The van der Waals surface area contributed by atoms with Crippen molar-refractivity contribution in [1.29, 1.82) is 0 Å². The summed E-state index contributed by atoms with van der Waals surface area (Å²) in [5.41, 5.74) is 0.107. The monoisotopic (exact) mass is 288 g/mol. The second-order valence-corrected chi connectivity index (χ2v) is 5.80. The quantitative estimate of drug-likeness (QED) is 0.531. The summed E-state index contributed by atoms with van der Waals surface area (Å²) in [6, 6.07) is 13.0. The summed E-state index contributed by atoms with van der Waals surface area (Å²) in [6.45, 7) is 0. The minimum atomic E-state index is -0.367. The molecule has 0 saturated carbocycles. The van der Waals surface area contributed by atoms with E-state index in [1.807, 2.05) is 30.3 Å². The summed E-state index contributed by atoms with van der Waals surface area (Å²) in [7, 11) is 0. The van der Waals surface area contributed by atoms with Gasteiger partial charge in [-0.3, -0.25) is 10.1 Å². The van der Waals surface area contributed by atoms with Crippen molar-refractivity contribution in [2.24, 2.45) is 0 Å². The van der Waals surface area contributed by atoms with E-state index in [4.69, 9.17) is 0 Å². The van der Waals surface area contributed by atoms with Gasteiger partial charge in [0.05, 0.1) is 9.62 Å². The minimum absolute atomic E-state index is 0.107. The van der Waals surface area contributed by atoms with E-state index in [1.165, 1.54) is 23.3 Å². The van der Waals surface area contributed by atoms with Gasteiger partial charge in [-0.15, -0.1) is 0 Å². The highest BCUT2D eigenvalue weighted by Crippen LogP contribution is 2.37. The van der Waals surface area contributed by atoms with E-state index in [1.54, 1.807) is 18.3 Å². The average Bonchev–Trinajstić information content (AvgIpc) is 2.88. The SMILES string of the molecule is O=[N+]([O-])c1cc(Sc2ccccc2)c2cnsc2c1. The third-order valence-corrected chi connectivity index (χ3v) is 4.41. The zero-order chi connectivity index (χ0) is 13.2. The second-order valence-electron chi connectivity index (χ2n) is 3.85. The highest BCUT2D eigenvalue weighted by Gasteiger charge is 2.13. The molecule has 1 heterocycles. The molecule has 19 heavy (non-hydrogen) atoms. The molecule has 0 aliphatic rings. The van der Waals surface area contributed by atoms with Gasteiger partial charge in [0.25, 0.3) is 5.69 Å². The summed E-state index contributed by atoms with van der Waals surface area (Å²) in [6.07, 6.45) is 1.76. The fraction of sp³-hybridized carbons (Fsp3) is 0. The smallest absolute Gasteiger partial charge is 0.258 e. The van der Waals surface area contributed by atoms with Crippen LogP contribution in [0.2, 0.25) is 0 Å². The van der Waals surface area contributed by atoms with Crippen LogP contribution in [-0.2, 0) is 0 Å². The zero-order valence-electron chi connectivity index (χ0n) is 9.65. The van der Waals surface area contributed by atoms with E-state index in [0.717, 1.165) is 19.9 Å². The maximum absolute atomic E-state index is 11.0. The van der Waals surface area contributed by atoms with Gasteiger partial charge >= 0.3 is 0 Å². The number of rotatable bonds is 3. The number of non-ortho nitro benzene ring substituents is 1. The summed E-state index contributed by atoms with van der Waals surface area (Å²) in [5, 5.41) is 11.9. The number of aromatic nitrogens is 1. The molecule has 0 unspecified atom stereocenters. The van der Waals surface area contributed by atoms with Crippen LogP contribution < -0.4 is 0 Å². The molecule has 1 aromatic heterocycles. The Labute approximate surface area is 117 Å². The first-order chi connectivity index (χ1) is 9.24. The van der Waals surface area contributed by atoms with Gasteiger partial charge in [0.2, 0.25) is 0 Å².